The average Bonchev–Trinajstić information content (AvgIpc) is 3.14. The summed E-state index contributed by atoms with van der Waals surface area (Å²) in [6.45, 7) is 4.00. The number of aryl methyl sites for hydroxylation is 1. The second-order valence-electron chi connectivity index (χ2n) is 7.91. The molecule has 3 aromatic rings. The minimum absolute atomic E-state index is 0.178. The highest BCUT2D eigenvalue weighted by Crippen LogP contribution is 2.39. The SMILES string of the molecule is CCOc1cc(/C=C2\SC(=S)N(c3ccc(Br)c(Cl)c3)C2=O)ccc1OCC(=O)Nc1ccccc1C. The number of nitrogens with zero attached hydrogens (tertiary/aromatic N) is 1. The molecule has 0 atom stereocenters. The topological polar surface area (TPSA) is 67.9 Å². The molecule has 1 aliphatic heterocycles. The fraction of sp³-hybridized carbons (Fsp3) is 0.148. The van der Waals surface area contributed by atoms with E-state index in [1.165, 1.54) is 16.7 Å². The highest BCUT2D eigenvalue weighted by molar-refractivity contribution is 9.10. The lowest BCUT2D eigenvalue weighted by atomic mass is 10.1. The molecular formula is C27H22BrClN2O4S2. The Hall–Kier alpha value is -2.85. The number of halogens is 2. The quantitative estimate of drug-likeness (QED) is 0.212. The van der Waals surface area contributed by atoms with Gasteiger partial charge in [0.25, 0.3) is 11.8 Å². The third-order valence-electron chi connectivity index (χ3n) is 5.30. The van der Waals surface area contributed by atoms with Crippen molar-refractivity contribution in [2.24, 2.45) is 0 Å². The monoisotopic (exact) mass is 616 g/mol. The van der Waals surface area contributed by atoms with Crippen molar-refractivity contribution in [1.29, 1.82) is 0 Å². The molecule has 4 rings (SSSR count). The molecule has 1 heterocycles. The normalized spacial score (nSPS) is 14.3. The summed E-state index contributed by atoms with van der Waals surface area (Å²) in [5.74, 6) is 0.378. The van der Waals surface area contributed by atoms with Crippen molar-refractivity contribution in [3.05, 3.63) is 86.2 Å². The fourth-order valence-corrected chi connectivity index (χ4v) is 5.23. The van der Waals surface area contributed by atoms with Gasteiger partial charge in [0, 0.05) is 10.2 Å². The second-order valence-corrected chi connectivity index (χ2v) is 10.8. The standard InChI is InChI=1S/C27H22BrClN2O4S2/c1-3-34-23-12-17(8-11-22(23)35-15-25(32)30-21-7-5-4-6-16(21)2)13-24-26(33)31(27(36)37-24)18-9-10-19(28)20(29)14-18/h4-14H,3,15H2,1-2H3,(H,30,32)/b24-13-. The van der Waals surface area contributed by atoms with Crippen molar-refractivity contribution in [3.8, 4) is 11.5 Å². The van der Waals surface area contributed by atoms with E-state index >= 15 is 0 Å². The van der Waals surface area contributed by atoms with Gasteiger partial charge in [-0.3, -0.25) is 14.5 Å². The summed E-state index contributed by atoms with van der Waals surface area (Å²) in [5.41, 5.74) is 3.03. The number of rotatable bonds is 8. The number of hydrogen-bond donors (Lipinski definition) is 1. The van der Waals surface area contributed by atoms with Gasteiger partial charge in [-0.05, 0) is 83.4 Å². The summed E-state index contributed by atoms with van der Waals surface area (Å²) in [6.07, 6.45) is 1.75. The molecule has 10 heteroatoms. The maximum absolute atomic E-state index is 13.1. The third kappa shape index (κ3) is 6.54. The minimum Gasteiger partial charge on any atom is -0.490 e. The Morgan fingerprint density at radius 3 is 2.65 bits per heavy atom. The van der Waals surface area contributed by atoms with Crippen molar-refractivity contribution in [1.82, 2.24) is 0 Å². The number of hydrogen-bond acceptors (Lipinski definition) is 6. The molecule has 0 aromatic heterocycles. The number of thioether (sulfide) groups is 1. The summed E-state index contributed by atoms with van der Waals surface area (Å²) in [4.78, 5) is 27.5. The van der Waals surface area contributed by atoms with E-state index in [2.05, 4.69) is 21.2 Å². The van der Waals surface area contributed by atoms with Gasteiger partial charge in [0.05, 0.1) is 22.2 Å². The number of thiocarbonyl (C=S) groups is 1. The van der Waals surface area contributed by atoms with E-state index in [1.807, 2.05) is 38.1 Å². The zero-order chi connectivity index (χ0) is 26.5. The first-order valence-corrected chi connectivity index (χ1v) is 13.6. The van der Waals surface area contributed by atoms with Crippen LogP contribution in [0.25, 0.3) is 6.08 Å². The van der Waals surface area contributed by atoms with Crippen molar-refractivity contribution in [2.45, 2.75) is 13.8 Å². The number of ether oxygens (including phenoxy) is 2. The molecule has 0 unspecified atom stereocenters. The van der Waals surface area contributed by atoms with Gasteiger partial charge in [-0.15, -0.1) is 0 Å². The van der Waals surface area contributed by atoms with E-state index in [-0.39, 0.29) is 18.4 Å². The van der Waals surface area contributed by atoms with Gasteiger partial charge in [0.2, 0.25) is 0 Å². The van der Waals surface area contributed by atoms with Crippen molar-refractivity contribution in [2.75, 3.05) is 23.4 Å². The molecule has 0 spiro atoms. The number of carbonyl (C=O) groups excluding carboxylic acids is 2. The van der Waals surface area contributed by atoms with Crippen LogP contribution in [0.2, 0.25) is 5.02 Å². The van der Waals surface area contributed by atoms with E-state index in [9.17, 15) is 9.59 Å². The molecule has 1 saturated heterocycles. The summed E-state index contributed by atoms with van der Waals surface area (Å²) in [7, 11) is 0. The van der Waals surface area contributed by atoms with Crippen molar-refractivity contribution >= 4 is 85.1 Å². The van der Waals surface area contributed by atoms with Crippen LogP contribution in [0, 0.1) is 6.92 Å². The van der Waals surface area contributed by atoms with Crippen LogP contribution >= 0.6 is 51.5 Å². The molecule has 2 amide bonds. The van der Waals surface area contributed by atoms with Gasteiger partial charge in [-0.1, -0.05) is 59.8 Å². The van der Waals surface area contributed by atoms with Gasteiger partial charge in [0.1, 0.15) is 0 Å². The first kappa shape index (κ1) is 27.2. The number of amides is 2. The van der Waals surface area contributed by atoms with Crippen LogP contribution < -0.4 is 19.7 Å². The fourth-order valence-electron chi connectivity index (χ4n) is 3.51. The lowest BCUT2D eigenvalue weighted by Gasteiger charge is -2.15. The van der Waals surface area contributed by atoms with Gasteiger partial charge in [0.15, 0.2) is 22.4 Å². The highest BCUT2D eigenvalue weighted by atomic mass is 79.9. The number of anilines is 2. The number of para-hydroxylation sites is 1. The van der Waals surface area contributed by atoms with Crippen LogP contribution in [-0.2, 0) is 9.59 Å². The summed E-state index contributed by atoms with van der Waals surface area (Å²) < 4.78 is 12.6. The van der Waals surface area contributed by atoms with Crippen LogP contribution in [0.1, 0.15) is 18.1 Å². The largest absolute Gasteiger partial charge is 0.490 e. The molecule has 1 fully saturated rings. The molecule has 1 aliphatic rings. The molecule has 1 N–H and O–H groups in total. The first-order valence-electron chi connectivity index (χ1n) is 11.2. The molecule has 6 nitrogen and oxygen atoms in total. The second kappa shape index (κ2) is 12.1. The van der Waals surface area contributed by atoms with Crippen LogP contribution in [0.5, 0.6) is 11.5 Å². The Morgan fingerprint density at radius 1 is 1.14 bits per heavy atom. The Morgan fingerprint density at radius 2 is 1.92 bits per heavy atom. The minimum atomic E-state index is -0.280. The number of carbonyl (C=O) groups is 2. The van der Waals surface area contributed by atoms with E-state index in [4.69, 9.17) is 33.3 Å². The number of benzene rings is 3. The van der Waals surface area contributed by atoms with Crippen molar-refractivity contribution < 1.29 is 19.1 Å². The summed E-state index contributed by atoms with van der Waals surface area (Å²) in [6, 6.07) is 18.0. The smallest absolute Gasteiger partial charge is 0.270 e. The Kier molecular flexibility index (Phi) is 8.91. The van der Waals surface area contributed by atoms with Crippen LogP contribution in [0.15, 0.2) is 70.0 Å². The predicted octanol–water partition coefficient (Wildman–Crippen LogP) is 7.23. The zero-order valence-electron chi connectivity index (χ0n) is 19.9. The van der Waals surface area contributed by atoms with E-state index in [0.29, 0.717) is 38.0 Å². The highest BCUT2D eigenvalue weighted by Gasteiger charge is 2.33. The predicted molar refractivity (Wildman–Crippen MR) is 158 cm³/mol. The molecule has 0 radical (unpaired) electrons. The molecule has 190 valence electrons. The van der Waals surface area contributed by atoms with Gasteiger partial charge < -0.3 is 14.8 Å². The van der Waals surface area contributed by atoms with Crippen LogP contribution in [-0.4, -0.2) is 29.3 Å². The Balaban J connectivity index is 1.49. The van der Waals surface area contributed by atoms with Crippen molar-refractivity contribution in [3.63, 3.8) is 0 Å². The summed E-state index contributed by atoms with van der Waals surface area (Å²) in [5, 5.41) is 3.33. The molecule has 0 bridgehead atoms. The van der Waals surface area contributed by atoms with E-state index < -0.39 is 0 Å². The van der Waals surface area contributed by atoms with Crippen LogP contribution in [0.4, 0.5) is 11.4 Å². The van der Waals surface area contributed by atoms with Gasteiger partial charge >= 0.3 is 0 Å². The molecule has 37 heavy (non-hydrogen) atoms. The lowest BCUT2D eigenvalue weighted by Crippen LogP contribution is -2.27. The molecular weight excluding hydrogens is 596 g/mol. The number of nitrogens with one attached hydrogen (secondary N) is 1. The van der Waals surface area contributed by atoms with Crippen LogP contribution in [0.3, 0.4) is 0 Å². The maximum atomic E-state index is 13.1. The third-order valence-corrected chi connectivity index (χ3v) is 7.83. The lowest BCUT2D eigenvalue weighted by molar-refractivity contribution is -0.118. The molecule has 0 saturated carbocycles. The van der Waals surface area contributed by atoms with E-state index in [0.717, 1.165) is 21.3 Å². The Bertz CT molecular complexity index is 1410. The summed E-state index contributed by atoms with van der Waals surface area (Å²) >= 11 is 16.2. The van der Waals surface area contributed by atoms with Gasteiger partial charge in [-0.2, -0.15) is 0 Å². The molecule has 3 aromatic carbocycles. The molecule has 0 aliphatic carbocycles. The van der Waals surface area contributed by atoms with Gasteiger partial charge in [-0.25, -0.2) is 0 Å². The average molecular weight is 618 g/mol. The maximum Gasteiger partial charge on any atom is 0.270 e. The first-order chi connectivity index (χ1) is 17.8. The Labute approximate surface area is 238 Å². The van der Waals surface area contributed by atoms with E-state index in [1.54, 1.807) is 42.5 Å². The zero-order valence-corrected chi connectivity index (χ0v) is 23.9.